The first-order valence-corrected chi connectivity index (χ1v) is 27.3. The summed E-state index contributed by atoms with van der Waals surface area (Å²) in [5.74, 6) is -6.52. The largest absolute Gasteiger partial charge is 0.490 e. The molecule has 444 valence electrons. The van der Waals surface area contributed by atoms with E-state index in [0.29, 0.717) is 54.0 Å². The van der Waals surface area contributed by atoms with Crippen LogP contribution in [0.4, 0.5) is 18.0 Å². The van der Waals surface area contributed by atoms with Crippen molar-refractivity contribution in [1.82, 2.24) is 41.8 Å². The Morgan fingerprint density at radius 1 is 0.619 bits per heavy atom. The van der Waals surface area contributed by atoms with Crippen molar-refractivity contribution in [2.45, 2.75) is 100 Å². The van der Waals surface area contributed by atoms with E-state index >= 15 is 9.59 Å². The molecule has 24 heteroatoms. The number of ether oxygens (including phenoxy) is 2. The normalized spacial score (nSPS) is 20.7. The summed E-state index contributed by atoms with van der Waals surface area (Å²) >= 11 is 0. The second kappa shape index (κ2) is 30.1. The number of nitrogens with two attached hydrogens (primary N) is 2. The molecule has 6 aromatic rings. The van der Waals surface area contributed by atoms with E-state index in [1.165, 1.54) is 4.90 Å². The number of unbranched alkanes of at least 4 members (excludes halogenated alkanes) is 1. The number of halogens is 3. The summed E-state index contributed by atoms with van der Waals surface area (Å²) < 4.78 is 43.5. The van der Waals surface area contributed by atoms with E-state index in [1.807, 2.05) is 60.7 Å². The lowest BCUT2D eigenvalue weighted by atomic mass is 9.99. The Morgan fingerprint density at radius 3 is 1.81 bits per heavy atom. The van der Waals surface area contributed by atoms with Crippen molar-refractivity contribution in [2.75, 3.05) is 26.2 Å². The van der Waals surface area contributed by atoms with E-state index in [-0.39, 0.29) is 51.7 Å². The van der Waals surface area contributed by atoms with Crippen molar-refractivity contribution in [3.63, 3.8) is 0 Å². The number of benzene rings is 5. The van der Waals surface area contributed by atoms with Gasteiger partial charge in [0.1, 0.15) is 54.7 Å². The minimum Gasteiger partial charge on any atom is -0.489 e. The Morgan fingerprint density at radius 2 is 1.17 bits per heavy atom. The highest BCUT2D eigenvalue weighted by Gasteiger charge is 2.45. The average Bonchev–Trinajstić information content (AvgIpc) is 4.33. The zero-order valence-corrected chi connectivity index (χ0v) is 45.6. The predicted octanol–water partition coefficient (Wildman–Crippen LogP) is 4.00. The van der Waals surface area contributed by atoms with Crippen molar-refractivity contribution >= 4 is 58.4 Å². The Labute approximate surface area is 481 Å². The molecule has 3 heterocycles. The number of hydrogen-bond donors (Lipinski definition) is 10. The molecule has 84 heavy (non-hydrogen) atoms. The molecule has 21 nitrogen and oxygen atoms in total. The third-order valence-corrected chi connectivity index (χ3v) is 13.9. The van der Waals surface area contributed by atoms with Gasteiger partial charge in [-0.25, -0.2) is 9.59 Å². The van der Waals surface area contributed by atoms with Crippen molar-refractivity contribution in [2.24, 2.45) is 11.5 Å². The van der Waals surface area contributed by atoms with Crippen molar-refractivity contribution in [3.05, 3.63) is 174 Å². The molecular weight excluding hydrogens is 1090 g/mol. The Hall–Kier alpha value is -9.29. The van der Waals surface area contributed by atoms with E-state index in [9.17, 15) is 37.1 Å². The van der Waals surface area contributed by atoms with Gasteiger partial charge < -0.3 is 67.8 Å². The molecule has 5 aromatic carbocycles. The number of alkyl halides is 3. The summed E-state index contributed by atoms with van der Waals surface area (Å²) in [6, 6.07) is 33.6. The van der Waals surface area contributed by atoms with Gasteiger partial charge in [0.15, 0.2) is 0 Å². The second-order valence-electron chi connectivity index (χ2n) is 20.0. The highest BCUT2D eigenvalue weighted by Crippen LogP contribution is 2.26. The van der Waals surface area contributed by atoms with E-state index < -0.39 is 96.0 Å². The number of aliphatic carboxylic acids is 1. The molecule has 2 aliphatic heterocycles. The van der Waals surface area contributed by atoms with Gasteiger partial charge in [0.2, 0.25) is 35.4 Å². The van der Waals surface area contributed by atoms with Crippen LogP contribution in [0.3, 0.4) is 0 Å². The van der Waals surface area contributed by atoms with Crippen molar-refractivity contribution < 1.29 is 66.1 Å². The van der Waals surface area contributed by atoms with Gasteiger partial charge in [0.25, 0.3) is 0 Å². The maximum Gasteiger partial charge on any atom is 0.490 e. The molecule has 7 amide bonds. The van der Waals surface area contributed by atoms with Gasteiger partial charge in [-0.15, -0.1) is 0 Å². The average molecular weight is 1160 g/mol. The quantitative estimate of drug-likeness (QED) is 0.0579. The first-order chi connectivity index (χ1) is 40.4. The SMILES string of the molecule is NCCCC[C@H]1NC(=O)[C@@H](Cc2c[nH]c3ccccc23)NC(=O)[C@H](c2ccccc2)NC(=O)[C@@H]2CC(OC(=O)NCCN)CN2C(=O)[C@H](Cc2ccccc2)NC(=O)[C@H](Cc2ccc(OCc3ccccc3)cc2)NC1=O.O=C(O)C(F)(F)F. The van der Waals surface area contributed by atoms with Crippen LogP contribution in [0.2, 0.25) is 0 Å². The molecule has 7 atom stereocenters. The maximum atomic E-state index is 15.3. The number of nitrogens with zero attached hydrogens (tertiary/aromatic N) is 1. The molecule has 2 saturated heterocycles. The number of amides is 7. The lowest BCUT2D eigenvalue weighted by Gasteiger charge is -2.32. The molecular formula is C60H67F3N10O11. The number of rotatable bonds is 17. The van der Waals surface area contributed by atoms with E-state index in [0.717, 1.165) is 16.5 Å². The number of alkyl carbamates (subject to hydrolysis) is 1. The number of hydrogen-bond acceptors (Lipinski definition) is 12. The molecule has 2 aliphatic rings. The number of aromatic amines is 1. The van der Waals surface area contributed by atoms with Crippen LogP contribution < -0.4 is 48.1 Å². The molecule has 0 radical (unpaired) electrons. The number of carboxylic acid groups (broad SMARTS) is 1. The number of carbonyl (C=O) groups excluding carboxylic acids is 7. The number of nitrogens with one attached hydrogen (secondary N) is 7. The van der Waals surface area contributed by atoms with Gasteiger partial charge >= 0.3 is 18.2 Å². The van der Waals surface area contributed by atoms with E-state index in [2.05, 4.69) is 36.9 Å². The number of aromatic nitrogens is 1. The van der Waals surface area contributed by atoms with Crippen LogP contribution in [0.5, 0.6) is 5.75 Å². The maximum absolute atomic E-state index is 15.3. The molecule has 0 spiro atoms. The lowest BCUT2D eigenvalue weighted by Crippen LogP contribution is -2.61. The molecule has 0 aliphatic carbocycles. The third kappa shape index (κ3) is 17.9. The standard InChI is InChI=1S/C58H66N10O9.C2HF3O2/c59-27-13-12-22-46-52(69)64-47(30-38-23-25-42(26-24-38)76-36-39-16-6-2-7-17-39)53(70)66-49(31-37-14-4-1-5-15-37)57(74)68-35-43(77-58(75)61-29-28-60)33-50(68)55(72)67-51(40-18-8-3-9-19-40)56(73)65-48(54(71)63-46)32-41-34-62-45-21-11-10-20-44(41)45;3-2(4,5)1(6)7/h1-11,14-21,23-26,34,43,46-51,62H,12-13,22,27-33,35-36,59-60H2,(H,61,75)(H,63,71)(H,64,69)(H,65,73)(H,66,70)(H,67,72);(H,6,7)/t43?,46-,47+,48-,49+,50+,51+;/m1./s1. The van der Waals surface area contributed by atoms with Crippen LogP contribution in [0, 0.1) is 0 Å². The van der Waals surface area contributed by atoms with Crippen LogP contribution in [-0.2, 0) is 64.2 Å². The fourth-order valence-corrected chi connectivity index (χ4v) is 9.65. The summed E-state index contributed by atoms with van der Waals surface area (Å²) in [4.78, 5) is 116. The zero-order valence-electron chi connectivity index (χ0n) is 45.6. The fourth-order valence-electron chi connectivity index (χ4n) is 9.65. The first kappa shape index (κ1) is 62.3. The first-order valence-electron chi connectivity index (χ1n) is 27.3. The summed E-state index contributed by atoms with van der Waals surface area (Å²) in [6.07, 6.45) is -4.43. The zero-order chi connectivity index (χ0) is 60.2. The summed E-state index contributed by atoms with van der Waals surface area (Å²) in [6.45, 7) is 0.617. The molecule has 0 bridgehead atoms. The van der Waals surface area contributed by atoms with Crippen LogP contribution in [0.1, 0.15) is 59.5 Å². The Balaban J connectivity index is 0.00000136. The number of fused-ring (bicyclic) bond motifs is 2. The Bertz CT molecular complexity index is 3190. The molecule has 1 aromatic heterocycles. The van der Waals surface area contributed by atoms with Crippen molar-refractivity contribution in [1.29, 1.82) is 0 Å². The second-order valence-corrected chi connectivity index (χ2v) is 20.0. The smallest absolute Gasteiger partial charge is 0.489 e. The van der Waals surface area contributed by atoms with Gasteiger partial charge in [-0.3, -0.25) is 28.8 Å². The fraction of sp³-hybridized carbons (Fsp3) is 0.333. The summed E-state index contributed by atoms with van der Waals surface area (Å²) in [5, 5.41) is 25.0. The molecule has 12 N–H and O–H groups in total. The minimum absolute atomic E-state index is 0.0385. The van der Waals surface area contributed by atoms with Gasteiger partial charge in [0, 0.05) is 55.9 Å². The number of carboxylic acids is 1. The highest BCUT2D eigenvalue weighted by atomic mass is 19.4. The van der Waals surface area contributed by atoms with Gasteiger partial charge in [-0.2, -0.15) is 13.2 Å². The lowest BCUT2D eigenvalue weighted by molar-refractivity contribution is -0.192. The summed E-state index contributed by atoms with van der Waals surface area (Å²) in [7, 11) is 0. The number of carbonyl (C=O) groups is 8. The van der Waals surface area contributed by atoms with Crippen LogP contribution in [0.15, 0.2) is 146 Å². The minimum atomic E-state index is -5.08. The molecule has 0 saturated carbocycles. The molecule has 2 fully saturated rings. The number of H-pyrrole nitrogens is 1. The van der Waals surface area contributed by atoms with Crippen LogP contribution in [-0.4, -0.2) is 131 Å². The van der Waals surface area contributed by atoms with Gasteiger partial charge in [0.05, 0.1) is 6.54 Å². The predicted molar refractivity (Wildman–Crippen MR) is 302 cm³/mol. The van der Waals surface area contributed by atoms with Gasteiger partial charge in [-0.1, -0.05) is 121 Å². The van der Waals surface area contributed by atoms with Crippen LogP contribution >= 0.6 is 0 Å². The Kier molecular flexibility index (Phi) is 22.4. The highest BCUT2D eigenvalue weighted by molar-refractivity contribution is 5.99. The third-order valence-electron chi connectivity index (χ3n) is 13.9. The van der Waals surface area contributed by atoms with Crippen LogP contribution in [0.25, 0.3) is 10.9 Å². The molecule has 8 rings (SSSR count). The van der Waals surface area contributed by atoms with Crippen molar-refractivity contribution in [3.8, 4) is 5.75 Å². The van der Waals surface area contributed by atoms with E-state index in [1.54, 1.807) is 85.1 Å². The summed E-state index contributed by atoms with van der Waals surface area (Å²) in [5.41, 5.74) is 15.7. The number of para-hydroxylation sites is 1. The van der Waals surface area contributed by atoms with E-state index in [4.69, 9.17) is 30.8 Å². The monoisotopic (exact) mass is 1160 g/mol. The molecule has 1 unspecified atom stereocenters. The van der Waals surface area contributed by atoms with Gasteiger partial charge in [-0.05, 0) is 71.8 Å². The topological polar surface area (TPSA) is 318 Å².